The van der Waals surface area contributed by atoms with E-state index in [2.05, 4.69) is 0 Å². The lowest BCUT2D eigenvalue weighted by atomic mass is 9.95. The summed E-state index contributed by atoms with van der Waals surface area (Å²) < 4.78 is 30.7. The van der Waals surface area contributed by atoms with E-state index >= 15 is 0 Å². The second-order valence-electron chi connectivity index (χ2n) is 9.64. The lowest BCUT2D eigenvalue weighted by molar-refractivity contribution is -0.260. The van der Waals surface area contributed by atoms with Crippen molar-refractivity contribution in [1.29, 1.82) is 0 Å². The summed E-state index contributed by atoms with van der Waals surface area (Å²) in [6.45, 7) is 3.00. The topological polar surface area (TPSA) is 168 Å². The van der Waals surface area contributed by atoms with Crippen molar-refractivity contribution in [3.8, 4) is 0 Å². The minimum Gasteiger partial charge on any atom is -0.394 e. The minimum absolute atomic E-state index is 0.243. The molecule has 8 atom stereocenters. The molecule has 0 aromatic rings. The van der Waals surface area contributed by atoms with Crippen LogP contribution in [0.2, 0.25) is 0 Å². The van der Waals surface area contributed by atoms with Crippen molar-refractivity contribution in [3.05, 3.63) is 0 Å². The minimum atomic E-state index is -0.720. The number of methoxy groups -OCH3 is 1. The first-order valence-corrected chi connectivity index (χ1v) is 17.4. The largest absolute Gasteiger partial charge is 0.394 e. The molecule has 1 rings (SSSR count). The second-order valence-corrected chi connectivity index (χ2v) is 13.1. The van der Waals surface area contributed by atoms with Gasteiger partial charge in [0, 0.05) is 44.2 Å². The highest BCUT2D eigenvalue weighted by Gasteiger charge is 2.46. The Balaban J connectivity index is 2.73. The van der Waals surface area contributed by atoms with Crippen molar-refractivity contribution >= 4 is 35.3 Å². The van der Waals surface area contributed by atoms with E-state index in [1.807, 2.05) is 6.92 Å². The SMILES string of the molecule is COCC1O[C@H](C)[C@@H](OCCCSCC(O)CO)C(OCCCSCC(O)CO)[C@@H]1OCCCSCC(O)CO. The molecule has 0 aromatic heterocycles. The molecule has 40 heavy (non-hydrogen) atoms. The van der Waals surface area contributed by atoms with Gasteiger partial charge in [0.2, 0.25) is 0 Å². The molecule has 240 valence electrons. The van der Waals surface area contributed by atoms with Gasteiger partial charge in [-0.1, -0.05) is 0 Å². The number of aliphatic hydroxyl groups excluding tert-OH is 6. The summed E-state index contributed by atoms with van der Waals surface area (Å²) in [5, 5.41) is 55.5. The van der Waals surface area contributed by atoms with E-state index in [0.717, 1.165) is 36.5 Å². The molecule has 11 nitrogen and oxygen atoms in total. The zero-order valence-corrected chi connectivity index (χ0v) is 26.3. The van der Waals surface area contributed by atoms with E-state index in [0.29, 0.717) is 43.7 Å². The fraction of sp³-hybridized carbons (Fsp3) is 1.00. The Morgan fingerprint density at radius 1 is 0.650 bits per heavy atom. The zero-order chi connectivity index (χ0) is 29.6. The van der Waals surface area contributed by atoms with Crippen molar-refractivity contribution in [1.82, 2.24) is 0 Å². The molecule has 1 aliphatic rings. The first kappa shape index (κ1) is 38.6. The zero-order valence-electron chi connectivity index (χ0n) is 23.9. The van der Waals surface area contributed by atoms with Crippen LogP contribution >= 0.6 is 35.3 Å². The van der Waals surface area contributed by atoms with Gasteiger partial charge in [0.1, 0.15) is 24.4 Å². The molecule has 5 unspecified atom stereocenters. The van der Waals surface area contributed by atoms with E-state index in [1.165, 1.54) is 0 Å². The van der Waals surface area contributed by atoms with Crippen molar-refractivity contribution in [2.45, 2.75) is 75.0 Å². The smallest absolute Gasteiger partial charge is 0.115 e. The first-order chi connectivity index (χ1) is 19.4. The average Bonchev–Trinajstić information content (AvgIpc) is 2.95. The van der Waals surface area contributed by atoms with E-state index in [1.54, 1.807) is 42.4 Å². The molecule has 0 aromatic carbocycles. The third kappa shape index (κ3) is 17.0. The number of hydrogen-bond acceptors (Lipinski definition) is 14. The van der Waals surface area contributed by atoms with Crippen LogP contribution in [0.5, 0.6) is 0 Å². The predicted molar refractivity (Wildman–Crippen MR) is 161 cm³/mol. The molecular formula is C26H52O11S3. The van der Waals surface area contributed by atoms with Gasteiger partial charge in [-0.25, -0.2) is 0 Å². The fourth-order valence-electron chi connectivity index (χ4n) is 3.97. The Bertz CT molecular complexity index is 584. The summed E-state index contributed by atoms with van der Waals surface area (Å²) in [5.41, 5.74) is 0. The third-order valence-corrected chi connectivity index (χ3v) is 9.58. The Hall–Kier alpha value is 0.610. The van der Waals surface area contributed by atoms with Gasteiger partial charge in [0.15, 0.2) is 0 Å². The van der Waals surface area contributed by atoms with Crippen LogP contribution in [-0.4, -0.2) is 167 Å². The molecule has 1 heterocycles. The number of aliphatic hydroxyl groups is 6. The van der Waals surface area contributed by atoms with Crippen LogP contribution in [0.15, 0.2) is 0 Å². The van der Waals surface area contributed by atoms with E-state index < -0.39 is 24.4 Å². The van der Waals surface area contributed by atoms with Gasteiger partial charge in [-0.15, -0.1) is 0 Å². The molecule has 0 saturated carbocycles. The van der Waals surface area contributed by atoms with Crippen LogP contribution in [0.4, 0.5) is 0 Å². The van der Waals surface area contributed by atoms with Crippen LogP contribution in [0.3, 0.4) is 0 Å². The normalized spacial score (nSPS) is 25.6. The number of thioether (sulfide) groups is 3. The van der Waals surface area contributed by atoms with Crippen LogP contribution in [0.25, 0.3) is 0 Å². The van der Waals surface area contributed by atoms with Crippen molar-refractivity contribution in [2.75, 3.05) is 87.9 Å². The molecule has 6 N–H and O–H groups in total. The Morgan fingerprint density at radius 2 is 1.05 bits per heavy atom. The lowest BCUT2D eigenvalue weighted by Crippen LogP contribution is -2.60. The highest BCUT2D eigenvalue weighted by atomic mass is 32.2. The number of ether oxygens (including phenoxy) is 5. The fourth-order valence-corrected chi connectivity index (χ4v) is 6.57. The summed E-state index contributed by atoms with van der Waals surface area (Å²) in [5.74, 6) is 3.77. The van der Waals surface area contributed by atoms with Crippen LogP contribution in [0, 0.1) is 0 Å². The number of hydrogen-bond donors (Lipinski definition) is 6. The Labute approximate surface area is 252 Å². The first-order valence-electron chi connectivity index (χ1n) is 14.0. The molecule has 0 radical (unpaired) electrons. The van der Waals surface area contributed by atoms with Gasteiger partial charge in [-0.05, 0) is 43.4 Å². The standard InChI is InChI=1S/C26H52O11S3/c1-19-24(34-6-3-9-38-16-20(30)12-27)26(36-8-5-11-40-18-22(32)14-29)25(23(37-19)15-33-2)35-7-4-10-39-17-21(31)13-28/h19-32H,3-18H2,1-2H3/t19-,20?,21?,22?,23?,24-,25-,26?/m1/s1. The molecule has 0 bridgehead atoms. The molecule has 0 aliphatic carbocycles. The van der Waals surface area contributed by atoms with E-state index in [-0.39, 0.29) is 44.2 Å². The molecule has 0 spiro atoms. The Kier molecular flexibility index (Phi) is 24.1. The summed E-state index contributed by atoms with van der Waals surface area (Å²) in [4.78, 5) is 0. The molecule has 14 heteroatoms. The molecule has 1 saturated heterocycles. The Morgan fingerprint density at radius 3 is 1.45 bits per heavy atom. The third-order valence-electron chi connectivity index (χ3n) is 5.99. The highest BCUT2D eigenvalue weighted by molar-refractivity contribution is 7.99. The predicted octanol–water partition coefficient (Wildman–Crippen LogP) is 0.00520. The molecule has 1 fully saturated rings. The van der Waals surface area contributed by atoms with Gasteiger partial charge >= 0.3 is 0 Å². The van der Waals surface area contributed by atoms with Gasteiger partial charge in [-0.2, -0.15) is 35.3 Å². The van der Waals surface area contributed by atoms with E-state index in [9.17, 15) is 15.3 Å². The van der Waals surface area contributed by atoms with Crippen LogP contribution in [0.1, 0.15) is 26.2 Å². The highest BCUT2D eigenvalue weighted by Crippen LogP contribution is 2.29. The van der Waals surface area contributed by atoms with Crippen molar-refractivity contribution in [2.24, 2.45) is 0 Å². The summed E-state index contributed by atoms with van der Waals surface area (Å²) >= 11 is 4.69. The lowest BCUT2D eigenvalue weighted by Gasteiger charge is -2.45. The van der Waals surface area contributed by atoms with Gasteiger partial charge in [-0.3, -0.25) is 0 Å². The van der Waals surface area contributed by atoms with E-state index in [4.69, 9.17) is 39.0 Å². The van der Waals surface area contributed by atoms with Crippen LogP contribution < -0.4 is 0 Å². The monoisotopic (exact) mass is 636 g/mol. The maximum atomic E-state index is 9.54. The van der Waals surface area contributed by atoms with Gasteiger partial charge in [0.25, 0.3) is 0 Å². The second kappa shape index (κ2) is 25.0. The quantitative estimate of drug-likeness (QED) is 0.0703. The number of rotatable bonds is 26. The summed E-state index contributed by atoms with van der Waals surface area (Å²) in [7, 11) is 1.62. The van der Waals surface area contributed by atoms with Crippen molar-refractivity contribution < 1.29 is 54.3 Å². The summed E-state index contributed by atoms with van der Waals surface area (Å²) in [6, 6.07) is 0. The molecular weight excluding hydrogens is 584 g/mol. The van der Waals surface area contributed by atoms with Gasteiger partial charge < -0.3 is 54.3 Å². The molecule has 0 amide bonds. The maximum Gasteiger partial charge on any atom is 0.115 e. The summed E-state index contributed by atoms with van der Waals surface area (Å²) in [6.07, 6.45) is -1.60. The van der Waals surface area contributed by atoms with Gasteiger partial charge in [0.05, 0.1) is 50.8 Å². The maximum absolute atomic E-state index is 9.54. The van der Waals surface area contributed by atoms with Crippen molar-refractivity contribution in [3.63, 3.8) is 0 Å². The average molecular weight is 637 g/mol. The molecule has 1 aliphatic heterocycles. The van der Waals surface area contributed by atoms with Crippen LogP contribution in [-0.2, 0) is 23.7 Å².